The molecule has 1 amide bonds. The Hall–Kier alpha value is -0.620. The molecule has 5 nitrogen and oxygen atoms in total. The molecule has 0 heterocycles. The van der Waals surface area contributed by atoms with Gasteiger partial charge in [-0.2, -0.15) is 0 Å². The number of sulfonamides is 1. The van der Waals surface area contributed by atoms with Crippen molar-refractivity contribution in [2.24, 2.45) is 11.7 Å². The summed E-state index contributed by atoms with van der Waals surface area (Å²) in [6.45, 7) is 0. The zero-order chi connectivity index (χ0) is 10.8. The van der Waals surface area contributed by atoms with Gasteiger partial charge >= 0.3 is 0 Å². The van der Waals surface area contributed by atoms with E-state index in [4.69, 9.17) is 5.73 Å². The Bertz CT molecular complexity index is 313. The zero-order valence-corrected chi connectivity index (χ0v) is 9.01. The summed E-state index contributed by atoms with van der Waals surface area (Å²) in [6, 6.07) is 0.0420. The maximum atomic E-state index is 11.2. The minimum absolute atomic E-state index is 0.0420. The van der Waals surface area contributed by atoms with Gasteiger partial charge < -0.3 is 5.73 Å². The molecule has 3 N–H and O–H groups in total. The van der Waals surface area contributed by atoms with Crippen molar-refractivity contribution in [2.75, 3.05) is 6.26 Å². The van der Waals surface area contributed by atoms with Crippen molar-refractivity contribution < 1.29 is 13.2 Å². The molecule has 1 aliphatic carbocycles. The van der Waals surface area contributed by atoms with E-state index in [1.165, 1.54) is 0 Å². The zero-order valence-electron chi connectivity index (χ0n) is 8.19. The van der Waals surface area contributed by atoms with Gasteiger partial charge in [-0.3, -0.25) is 9.52 Å². The molecule has 1 rings (SSSR count). The average molecular weight is 220 g/mol. The van der Waals surface area contributed by atoms with Crippen molar-refractivity contribution in [2.45, 2.75) is 31.7 Å². The van der Waals surface area contributed by atoms with Crippen LogP contribution in [0.15, 0.2) is 0 Å². The van der Waals surface area contributed by atoms with Gasteiger partial charge in [0.2, 0.25) is 15.9 Å². The van der Waals surface area contributed by atoms with Gasteiger partial charge in [0.25, 0.3) is 0 Å². The predicted molar refractivity (Wildman–Crippen MR) is 52.9 cm³/mol. The van der Waals surface area contributed by atoms with Gasteiger partial charge in [0, 0.05) is 12.5 Å². The Kier molecular flexibility index (Phi) is 3.49. The Morgan fingerprint density at radius 3 is 2.57 bits per heavy atom. The number of rotatable bonds is 3. The molecule has 0 aromatic heterocycles. The van der Waals surface area contributed by atoms with Gasteiger partial charge in [0.1, 0.15) is 0 Å². The molecule has 0 aromatic carbocycles. The minimum atomic E-state index is -3.42. The number of carbonyl (C=O) groups excluding carboxylic acids is 1. The third-order valence-corrected chi connectivity index (χ3v) is 3.06. The van der Waals surface area contributed by atoms with Crippen LogP contribution in [0.5, 0.6) is 0 Å². The fraction of sp³-hybridized carbons (Fsp3) is 0.875. The molecule has 2 unspecified atom stereocenters. The highest BCUT2D eigenvalue weighted by molar-refractivity contribution is 7.89. The Morgan fingerprint density at radius 1 is 1.50 bits per heavy atom. The van der Waals surface area contributed by atoms with Gasteiger partial charge in [-0.25, -0.2) is 8.42 Å². The summed E-state index contributed by atoms with van der Waals surface area (Å²) >= 11 is 0. The Labute approximate surface area is 84.1 Å². The van der Waals surface area contributed by atoms with Crippen LogP contribution in [0.3, 0.4) is 0 Å². The summed E-state index contributed by atoms with van der Waals surface area (Å²) in [5, 5.41) is 0. The second kappa shape index (κ2) is 4.27. The lowest BCUT2D eigenvalue weighted by Crippen LogP contribution is -2.34. The maximum absolute atomic E-state index is 11.2. The Morgan fingerprint density at radius 2 is 2.14 bits per heavy atom. The highest BCUT2D eigenvalue weighted by atomic mass is 32.2. The summed E-state index contributed by atoms with van der Waals surface area (Å²) in [5.41, 5.74) is 5.76. The smallest absolute Gasteiger partial charge is 0.233 e. The maximum Gasteiger partial charge on any atom is 0.233 e. The number of carbonyl (C=O) groups is 1. The first-order valence-corrected chi connectivity index (χ1v) is 6.54. The van der Waals surface area contributed by atoms with Crippen LogP contribution in [-0.2, 0) is 14.8 Å². The lowest BCUT2D eigenvalue weighted by molar-refractivity contribution is -0.120. The van der Waals surface area contributed by atoms with Gasteiger partial charge in [0.05, 0.1) is 6.26 Å². The van der Waals surface area contributed by atoms with Crippen LogP contribution >= 0.6 is 0 Å². The molecule has 0 spiro atoms. The first-order chi connectivity index (χ1) is 6.38. The predicted octanol–water partition coefficient (Wildman–Crippen LogP) is -0.420. The van der Waals surface area contributed by atoms with Crippen LogP contribution in [0.1, 0.15) is 25.7 Å². The normalized spacial score (nSPS) is 27.6. The molecule has 1 fully saturated rings. The SMILES string of the molecule is CS(=O)(=O)NC(=O)CC1CCCC1N. The molecule has 82 valence electrons. The first-order valence-electron chi connectivity index (χ1n) is 4.64. The second-order valence-corrected chi connectivity index (χ2v) is 5.60. The van der Waals surface area contributed by atoms with Crippen LogP contribution in [0.4, 0.5) is 0 Å². The fourth-order valence-corrected chi connectivity index (χ4v) is 2.30. The van der Waals surface area contributed by atoms with Crippen molar-refractivity contribution in [3.8, 4) is 0 Å². The second-order valence-electron chi connectivity index (χ2n) is 3.86. The molecule has 0 aromatic rings. The van der Waals surface area contributed by atoms with Gasteiger partial charge in [0.15, 0.2) is 0 Å². The highest BCUT2D eigenvalue weighted by Crippen LogP contribution is 2.26. The number of nitrogens with one attached hydrogen (secondary N) is 1. The lowest BCUT2D eigenvalue weighted by atomic mass is 10.0. The number of hydrogen-bond donors (Lipinski definition) is 2. The molecule has 14 heavy (non-hydrogen) atoms. The first kappa shape index (κ1) is 11.5. The number of amides is 1. The Balaban J connectivity index is 2.41. The van der Waals surface area contributed by atoms with E-state index in [0.717, 1.165) is 25.5 Å². The molecule has 1 saturated carbocycles. The molecule has 2 atom stereocenters. The van der Waals surface area contributed by atoms with Crippen LogP contribution in [0, 0.1) is 5.92 Å². The largest absolute Gasteiger partial charge is 0.327 e. The van der Waals surface area contributed by atoms with Gasteiger partial charge in [-0.05, 0) is 18.8 Å². The molecule has 0 radical (unpaired) electrons. The van der Waals surface area contributed by atoms with Crippen LogP contribution in [-0.4, -0.2) is 26.6 Å². The van der Waals surface area contributed by atoms with Crippen molar-refractivity contribution in [1.82, 2.24) is 4.72 Å². The lowest BCUT2D eigenvalue weighted by Gasteiger charge is -2.13. The summed E-state index contributed by atoms with van der Waals surface area (Å²) in [7, 11) is -3.42. The molecule has 0 saturated heterocycles. The molecule has 6 heteroatoms. The standard InChI is InChI=1S/C8H16N2O3S/c1-14(12,13)10-8(11)5-6-3-2-4-7(6)9/h6-7H,2-5,9H2,1H3,(H,10,11). The summed E-state index contributed by atoms with van der Waals surface area (Å²) in [5.74, 6) is -0.313. The molecule has 0 aliphatic heterocycles. The van der Waals surface area contributed by atoms with Crippen molar-refractivity contribution in [3.63, 3.8) is 0 Å². The van der Waals surface area contributed by atoms with E-state index in [1.54, 1.807) is 0 Å². The fourth-order valence-electron chi connectivity index (χ4n) is 1.81. The van der Waals surface area contributed by atoms with E-state index in [9.17, 15) is 13.2 Å². The number of hydrogen-bond acceptors (Lipinski definition) is 4. The summed E-state index contributed by atoms with van der Waals surface area (Å²) in [4.78, 5) is 11.2. The van der Waals surface area contributed by atoms with Gasteiger partial charge in [-0.15, -0.1) is 0 Å². The quantitative estimate of drug-likeness (QED) is 0.676. The van der Waals surface area contributed by atoms with E-state index < -0.39 is 15.9 Å². The van der Waals surface area contributed by atoms with E-state index in [0.29, 0.717) is 0 Å². The topological polar surface area (TPSA) is 89.3 Å². The summed E-state index contributed by atoms with van der Waals surface area (Å²) in [6.07, 6.45) is 4.06. The van der Waals surface area contributed by atoms with Crippen LogP contribution < -0.4 is 10.5 Å². The molecular formula is C8H16N2O3S. The van der Waals surface area contributed by atoms with E-state index >= 15 is 0 Å². The number of nitrogens with two attached hydrogens (primary N) is 1. The van der Waals surface area contributed by atoms with Crippen LogP contribution in [0.25, 0.3) is 0 Å². The molecular weight excluding hydrogens is 204 g/mol. The minimum Gasteiger partial charge on any atom is -0.327 e. The van der Waals surface area contributed by atoms with E-state index in [2.05, 4.69) is 0 Å². The van der Waals surface area contributed by atoms with Crippen molar-refractivity contribution in [3.05, 3.63) is 0 Å². The van der Waals surface area contributed by atoms with Gasteiger partial charge in [-0.1, -0.05) is 6.42 Å². The van der Waals surface area contributed by atoms with Crippen molar-refractivity contribution in [1.29, 1.82) is 0 Å². The van der Waals surface area contributed by atoms with E-state index in [1.807, 2.05) is 4.72 Å². The summed E-state index contributed by atoms with van der Waals surface area (Å²) < 4.78 is 23.4. The highest BCUT2D eigenvalue weighted by Gasteiger charge is 2.26. The average Bonchev–Trinajstić information content (AvgIpc) is 2.32. The monoisotopic (exact) mass is 220 g/mol. The third-order valence-electron chi connectivity index (χ3n) is 2.46. The third kappa shape index (κ3) is 3.63. The van der Waals surface area contributed by atoms with E-state index in [-0.39, 0.29) is 18.4 Å². The molecule has 0 bridgehead atoms. The van der Waals surface area contributed by atoms with Crippen LogP contribution in [0.2, 0.25) is 0 Å². The van der Waals surface area contributed by atoms with Crippen molar-refractivity contribution >= 4 is 15.9 Å². The molecule has 1 aliphatic rings.